The van der Waals surface area contributed by atoms with Crippen LogP contribution in [0.15, 0.2) is 146 Å². The van der Waals surface area contributed by atoms with Gasteiger partial charge in [-0.3, -0.25) is 14.4 Å². The Morgan fingerprint density at radius 2 is 0.743 bits per heavy atom. The zero-order chi connectivity index (χ0) is 95.3. The first-order valence-corrected chi connectivity index (χ1v) is 47.5. The van der Waals surface area contributed by atoms with Crippen molar-refractivity contribution in [3.05, 3.63) is 231 Å². The van der Waals surface area contributed by atoms with Crippen molar-refractivity contribution in [3.63, 3.8) is 0 Å². The predicted octanol–water partition coefficient (Wildman–Crippen LogP) is 15.3. The summed E-state index contributed by atoms with van der Waals surface area (Å²) in [5.41, 5.74) is 10.5. The van der Waals surface area contributed by atoms with Crippen molar-refractivity contribution in [1.29, 1.82) is 0 Å². The van der Waals surface area contributed by atoms with Crippen LogP contribution in [0, 0.1) is 19.7 Å². The van der Waals surface area contributed by atoms with Gasteiger partial charge in [0, 0.05) is 147 Å². The van der Waals surface area contributed by atoms with Gasteiger partial charge in [0.25, 0.3) is 17.7 Å². The summed E-state index contributed by atoms with van der Waals surface area (Å²) in [7, 11) is 6.29. The molecule has 33 heteroatoms. The minimum Gasteiger partial charge on any atom is -0.462 e. The molecule has 3 aromatic heterocycles. The van der Waals surface area contributed by atoms with Crippen LogP contribution in [0.2, 0.25) is 0 Å². The molecule has 9 aliphatic heterocycles. The number of carbonyl (C=O) groups excluding carboxylic acids is 3. The monoisotopic (exact) mass is 1860 g/mol. The van der Waals surface area contributed by atoms with Gasteiger partial charge in [0.15, 0.2) is 17.5 Å². The molecule has 0 N–H and O–H groups in total. The van der Waals surface area contributed by atoms with Gasteiger partial charge in [-0.15, -0.1) is 0 Å². The van der Waals surface area contributed by atoms with Gasteiger partial charge in [-0.05, 0) is 175 Å². The zero-order valence-corrected chi connectivity index (χ0v) is 78.0. The van der Waals surface area contributed by atoms with Crippen LogP contribution in [0.5, 0.6) is 18.0 Å². The molecule has 0 spiro atoms. The molecule has 9 aromatic rings. The highest BCUT2D eigenvalue weighted by Gasteiger charge is 2.43. The fraction of sp³-hybridized carbons (Fsp3) is 0.476. The molecule has 10 aliphatic rings. The SMILES string of the molecule is [C-]#[N+]C[C@H]1CN(c2nc(OC[C@@H]3CCCN3C)nc3c2CCN(c2cccc4cccc(C(C)C)c24)C3)CCN1C(=O)C(=C)F.[C-]#[N+]C[C@H]1CN(c2nc(OC[C@@H]3CCCN3C)nc3c2CCN(c2cccc4cccc(C(F)(F)F)c24)C3)CCN1C(=O)C(=C)F.[C-]#[N+]C[C@H]1CN(c2nc(OC[C@@H]3CCCN3C)nc3c2CCN(c2cccc4cccc(C5CC5)c24)C3)CCN1C(=O)C(=C)F. The number of nitrogens with zero attached hydrogens (tertiary/aromatic N) is 21. The minimum absolute atomic E-state index is 0.0173. The molecular weight excluding hydrogens is 1740 g/mol. The molecule has 1 aliphatic carbocycles. The van der Waals surface area contributed by atoms with Gasteiger partial charge in [-0.25, -0.2) is 32.9 Å². The second-order valence-electron chi connectivity index (χ2n) is 37.6. The third kappa shape index (κ3) is 20.5. The number of aromatic nitrogens is 6. The maximum Gasteiger partial charge on any atom is 0.417 e. The number of ether oxygens (including phenoxy) is 3. The smallest absolute Gasteiger partial charge is 0.417 e. The van der Waals surface area contributed by atoms with E-state index in [-0.39, 0.29) is 69.8 Å². The number of piperazine rings is 3. The van der Waals surface area contributed by atoms with Crippen LogP contribution < -0.4 is 43.6 Å². The summed E-state index contributed by atoms with van der Waals surface area (Å²) in [4.78, 5) is 102. The van der Waals surface area contributed by atoms with Crippen LogP contribution >= 0.6 is 0 Å². The number of carbonyl (C=O) groups is 3. The average Bonchev–Trinajstić information content (AvgIpc) is 1.01. The summed E-state index contributed by atoms with van der Waals surface area (Å²) in [6.07, 6.45) is 6.44. The van der Waals surface area contributed by atoms with E-state index < -0.39 is 65.1 Å². The second-order valence-corrected chi connectivity index (χ2v) is 37.6. The van der Waals surface area contributed by atoms with Crippen LogP contribution in [0.4, 0.5) is 60.9 Å². The molecule has 27 nitrogen and oxygen atoms in total. The first-order valence-electron chi connectivity index (χ1n) is 47.5. The Morgan fingerprint density at radius 3 is 1.07 bits per heavy atom. The Labute approximate surface area is 790 Å². The molecule has 712 valence electrons. The summed E-state index contributed by atoms with van der Waals surface area (Å²) in [6, 6.07) is 35.9. The molecule has 0 unspecified atom stereocenters. The van der Waals surface area contributed by atoms with Crippen molar-refractivity contribution in [2.45, 2.75) is 158 Å². The Balaban J connectivity index is 0.000000142. The second kappa shape index (κ2) is 41.3. The number of likely N-dealkylation sites (N-methyl/N-ethyl adjacent to an activating group) is 3. The van der Waals surface area contributed by atoms with Gasteiger partial charge >= 0.3 is 24.2 Å². The Kier molecular flexibility index (Phi) is 28.8. The lowest BCUT2D eigenvalue weighted by Crippen LogP contribution is -2.57. The number of halogens is 6. The van der Waals surface area contributed by atoms with Crippen molar-refractivity contribution in [1.82, 2.24) is 59.3 Å². The molecule has 6 aromatic carbocycles. The van der Waals surface area contributed by atoms with Gasteiger partial charge in [-0.1, -0.05) is 119 Å². The molecule has 12 heterocycles. The highest BCUT2D eigenvalue weighted by Crippen LogP contribution is 2.48. The van der Waals surface area contributed by atoms with Gasteiger partial charge in [-0.2, -0.15) is 43.1 Å². The first kappa shape index (κ1) is 94.8. The molecule has 19 rings (SSSR count). The van der Waals surface area contributed by atoms with Gasteiger partial charge < -0.3 is 87.5 Å². The predicted molar refractivity (Wildman–Crippen MR) is 515 cm³/mol. The molecule has 6 atom stereocenters. The van der Waals surface area contributed by atoms with E-state index in [0.717, 1.165) is 130 Å². The number of benzene rings is 6. The lowest BCUT2D eigenvalue weighted by Gasteiger charge is -2.41. The van der Waals surface area contributed by atoms with Gasteiger partial charge in [0.2, 0.25) is 19.6 Å². The standard InChI is InChI=1S/C35H40FN7O2.C35H42FN7O2.C33H35F4N7O2/c1-23(36)34(44)43-18-17-42(20-27(43)19-37-2)33-29-14-16-41(21-30(29)38-35(39-33)45-22-26-9-6-15-40(26)3)31-11-5-8-25-7-4-10-28(32(25)31)24-12-13-24;1-23(2)28-12-6-9-25-10-7-13-31(32(25)28)41-16-14-29-30(21-41)38-35(45-22-26-11-8-15-40(26)5)39-33(29)42-17-18-43(34(44)24(3)36)27(20-42)19-37-4;1-21(34)31(45)44-16-15-43(18-24(44)17-38-2)30-25-12-14-42(19-27(25)39-32(40-30)46-20-23-9-6-13-41(23)3)28-11-5-8-22-7-4-10-26(29(22)28)33(35,36)37/h4-5,7-8,10-11,24,26-27H,1,6,9,12-22H2,3H3;6-7,9-10,12-13,23,26-27H,3,8,11,14-22H2,1-2,5H3;4-5,7-8,10-11,23-24H,1,6,9,12-20H2,3H3/t2*26-,27-;23-,24-/m000/s1. The number of hydrogen-bond acceptors (Lipinski definition) is 21. The van der Waals surface area contributed by atoms with E-state index in [1.54, 1.807) is 24.3 Å². The first-order chi connectivity index (χ1) is 65.7. The molecular formula is C103H117F6N21O6. The molecule has 7 fully saturated rings. The summed E-state index contributed by atoms with van der Waals surface area (Å²) in [5.74, 6) is -2.17. The summed E-state index contributed by atoms with van der Waals surface area (Å²) in [6.45, 7) is 47.6. The van der Waals surface area contributed by atoms with Crippen LogP contribution in [0.25, 0.3) is 46.9 Å². The van der Waals surface area contributed by atoms with E-state index in [1.165, 1.54) is 77.7 Å². The van der Waals surface area contributed by atoms with Gasteiger partial charge in [0.05, 0.1) is 42.3 Å². The van der Waals surface area contributed by atoms with Gasteiger partial charge in [0.1, 0.15) is 55.4 Å². The van der Waals surface area contributed by atoms with Crippen LogP contribution in [-0.2, 0) is 59.5 Å². The fourth-order valence-corrected chi connectivity index (χ4v) is 21.3. The molecule has 0 radical (unpaired) electrons. The van der Waals surface area contributed by atoms with E-state index in [9.17, 15) is 40.7 Å². The average molecular weight is 1860 g/mol. The van der Waals surface area contributed by atoms with E-state index in [0.29, 0.717) is 137 Å². The number of alkyl halides is 3. The number of hydrogen-bond donors (Lipinski definition) is 0. The highest BCUT2D eigenvalue weighted by atomic mass is 19.4. The maximum absolute atomic E-state index is 14.1. The minimum atomic E-state index is -4.52. The van der Waals surface area contributed by atoms with Crippen LogP contribution in [-0.4, -0.2) is 272 Å². The molecule has 6 saturated heterocycles. The summed E-state index contributed by atoms with van der Waals surface area (Å²) < 4.78 is 103. The van der Waals surface area contributed by atoms with E-state index in [2.05, 4.69) is 169 Å². The van der Waals surface area contributed by atoms with Crippen molar-refractivity contribution >= 4 is 84.6 Å². The maximum atomic E-state index is 14.1. The molecule has 136 heavy (non-hydrogen) atoms. The number of fused-ring (bicyclic) bond motifs is 6. The number of rotatable bonds is 23. The number of amides is 3. The third-order valence-electron chi connectivity index (χ3n) is 28.7. The van der Waals surface area contributed by atoms with Crippen molar-refractivity contribution in [3.8, 4) is 18.0 Å². The van der Waals surface area contributed by atoms with Crippen molar-refractivity contribution in [2.24, 2.45) is 0 Å². The van der Waals surface area contributed by atoms with Crippen molar-refractivity contribution < 1.29 is 54.9 Å². The summed E-state index contributed by atoms with van der Waals surface area (Å²) >= 11 is 0. The normalized spacial score (nSPS) is 20.9. The zero-order valence-electron chi connectivity index (χ0n) is 78.0. The lowest BCUT2D eigenvalue weighted by molar-refractivity contribution is -0.136. The molecule has 1 saturated carbocycles. The Bertz CT molecular complexity index is 5910. The Hall–Kier alpha value is -12.9. The van der Waals surface area contributed by atoms with Crippen LogP contribution in [0.3, 0.4) is 0 Å². The third-order valence-corrected chi connectivity index (χ3v) is 28.7. The molecule has 0 bridgehead atoms. The Morgan fingerprint density at radius 1 is 0.412 bits per heavy atom. The lowest BCUT2D eigenvalue weighted by atomic mass is 9.93. The molecule has 3 amide bonds. The summed E-state index contributed by atoms with van der Waals surface area (Å²) in [5, 5.41) is 5.77. The highest BCUT2D eigenvalue weighted by molar-refractivity contribution is 6.00. The quantitative estimate of drug-likeness (QED) is 0.0331. The number of likely N-dealkylation sites (tertiary alicyclic amines) is 3. The van der Waals surface area contributed by atoms with Crippen molar-refractivity contribution in [2.75, 3.05) is 188 Å². The van der Waals surface area contributed by atoms with E-state index >= 15 is 0 Å². The van der Waals surface area contributed by atoms with E-state index in [4.69, 9.17) is 63.8 Å². The topological polar surface area (TPSA) is 208 Å². The fourth-order valence-electron chi connectivity index (χ4n) is 21.3. The van der Waals surface area contributed by atoms with Crippen LogP contribution in [0.1, 0.15) is 128 Å². The largest absolute Gasteiger partial charge is 0.462 e. The van der Waals surface area contributed by atoms with E-state index in [1.807, 2.05) is 16.8 Å². The number of anilines is 6.